The highest BCUT2D eigenvalue weighted by atomic mass is 35.5. The molecule has 18 heavy (non-hydrogen) atoms. The van der Waals surface area contributed by atoms with Gasteiger partial charge >= 0.3 is 10.9 Å². The zero-order valence-electron chi connectivity index (χ0n) is 8.85. The molecular weight excluding hydrogens is 279 g/mol. The summed E-state index contributed by atoms with van der Waals surface area (Å²) in [4.78, 5) is 21.5. The zero-order chi connectivity index (χ0) is 13.1. The average molecular weight is 285 g/mol. The summed E-state index contributed by atoms with van der Waals surface area (Å²) in [7, 11) is 0. The Hall–Kier alpha value is -1.78. The number of carbonyl (C=O) groups excluding carboxylic acids is 2. The van der Waals surface area contributed by atoms with Crippen LogP contribution in [0.25, 0.3) is 10.8 Å². The second-order valence-corrected chi connectivity index (χ2v) is 3.90. The Labute approximate surface area is 112 Å². The quantitative estimate of drug-likeness (QED) is 0.771. The Morgan fingerprint density at radius 1 is 0.778 bits per heavy atom. The molecule has 4 nitrogen and oxygen atoms in total. The lowest BCUT2D eigenvalue weighted by atomic mass is 10.1. The third-order valence-electron chi connectivity index (χ3n) is 2.22. The summed E-state index contributed by atoms with van der Waals surface area (Å²) in [6, 6.07) is 9.85. The standard InChI is InChI=1S/C12H6Cl2O4/c13-11(15)17-9-5-1-3-7-8(9)4-2-6-10(7)18-12(14)16/h1-6H. The normalized spacial score (nSPS) is 10.1. The van der Waals surface area contributed by atoms with E-state index in [4.69, 9.17) is 32.7 Å². The second kappa shape index (κ2) is 5.25. The highest BCUT2D eigenvalue weighted by molar-refractivity contribution is 6.61. The summed E-state index contributed by atoms with van der Waals surface area (Å²) in [5.41, 5.74) is -1.88. The predicted octanol–water partition coefficient (Wildman–Crippen LogP) is 4.32. The number of fused-ring (bicyclic) bond motifs is 1. The average Bonchev–Trinajstić information content (AvgIpc) is 2.29. The molecule has 0 aromatic heterocycles. The molecule has 0 atom stereocenters. The summed E-state index contributed by atoms with van der Waals surface area (Å²) in [5, 5.41) is 1.17. The van der Waals surface area contributed by atoms with Crippen LogP contribution in [0.3, 0.4) is 0 Å². The molecule has 0 fully saturated rings. The van der Waals surface area contributed by atoms with Crippen LogP contribution in [0.2, 0.25) is 0 Å². The Morgan fingerprint density at radius 3 is 1.50 bits per heavy atom. The monoisotopic (exact) mass is 284 g/mol. The van der Waals surface area contributed by atoms with Gasteiger partial charge in [-0.15, -0.1) is 0 Å². The zero-order valence-corrected chi connectivity index (χ0v) is 10.4. The highest BCUT2D eigenvalue weighted by Gasteiger charge is 2.10. The first kappa shape index (κ1) is 12.7. The number of benzene rings is 2. The fourth-order valence-corrected chi connectivity index (χ4v) is 1.77. The van der Waals surface area contributed by atoms with E-state index in [0.717, 1.165) is 0 Å². The predicted molar refractivity (Wildman–Crippen MR) is 67.7 cm³/mol. The smallest absolute Gasteiger partial charge is 0.409 e. The van der Waals surface area contributed by atoms with E-state index in [0.29, 0.717) is 10.8 Å². The van der Waals surface area contributed by atoms with Crippen LogP contribution in [0, 0.1) is 0 Å². The van der Waals surface area contributed by atoms with Crippen molar-refractivity contribution in [2.24, 2.45) is 0 Å². The Kier molecular flexibility index (Phi) is 3.69. The Bertz CT molecular complexity index is 569. The van der Waals surface area contributed by atoms with Gasteiger partial charge in [0.15, 0.2) is 0 Å². The maximum absolute atomic E-state index is 10.8. The first-order chi connectivity index (χ1) is 8.58. The molecule has 0 aliphatic heterocycles. The molecule has 0 bridgehead atoms. The Morgan fingerprint density at radius 2 is 1.17 bits per heavy atom. The van der Waals surface area contributed by atoms with Crippen molar-refractivity contribution in [1.29, 1.82) is 0 Å². The molecule has 6 heteroatoms. The van der Waals surface area contributed by atoms with Crippen molar-refractivity contribution in [3.05, 3.63) is 36.4 Å². The number of hydrogen-bond acceptors (Lipinski definition) is 4. The largest absolute Gasteiger partial charge is 0.414 e. The molecule has 2 aromatic rings. The van der Waals surface area contributed by atoms with E-state index in [1.807, 2.05) is 0 Å². The molecule has 0 amide bonds. The summed E-state index contributed by atoms with van der Waals surface area (Å²) >= 11 is 10.3. The van der Waals surface area contributed by atoms with E-state index < -0.39 is 10.9 Å². The number of rotatable bonds is 2. The number of halogens is 2. The first-order valence-electron chi connectivity index (χ1n) is 4.84. The molecule has 0 aliphatic carbocycles. The van der Waals surface area contributed by atoms with Crippen molar-refractivity contribution in [1.82, 2.24) is 0 Å². The molecule has 92 valence electrons. The third kappa shape index (κ3) is 2.72. The molecule has 0 heterocycles. The second-order valence-electron chi connectivity index (χ2n) is 3.29. The lowest BCUT2D eigenvalue weighted by Gasteiger charge is -2.08. The van der Waals surface area contributed by atoms with Crippen LogP contribution < -0.4 is 9.47 Å². The molecule has 2 rings (SSSR count). The van der Waals surface area contributed by atoms with Crippen molar-refractivity contribution in [3.63, 3.8) is 0 Å². The minimum Gasteiger partial charge on any atom is -0.414 e. The van der Waals surface area contributed by atoms with Crippen LogP contribution in [0.15, 0.2) is 36.4 Å². The molecule has 0 spiro atoms. The van der Waals surface area contributed by atoms with Gasteiger partial charge in [0.25, 0.3) is 0 Å². The first-order valence-corrected chi connectivity index (χ1v) is 5.60. The minimum absolute atomic E-state index is 0.278. The topological polar surface area (TPSA) is 52.6 Å². The van der Waals surface area contributed by atoms with Gasteiger partial charge in [0, 0.05) is 34.0 Å². The highest BCUT2D eigenvalue weighted by Crippen LogP contribution is 2.32. The van der Waals surface area contributed by atoms with Gasteiger partial charge in [-0.1, -0.05) is 24.3 Å². The van der Waals surface area contributed by atoms with Crippen molar-refractivity contribution in [2.75, 3.05) is 0 Å². The van der Waals surface area contributed by atoms with E-state index in [9.17, 15) is 9.59 Å². The maximum Gasteiger partial charge on any atom is 0.409 e. The van der Waals surface area contributed by atoms with Crippen LogP contribution in [0.1, 0.15) is 0 Å². The van der Waals surface area contributed by atoms with Gasteiger partial charge in [0.1, 0.15) is 11.5 Å². The lowest BCUT2D eigenvalue weighted by molar-refractivity contribution is 0.225. The molecule has 0 unspecified atom stereocenters. The summed E-state index contributed by atoms with van der Waals surface area (Å²) in [5.74, 6) is 0.556. The van der Waals surface area contributed by atoms with Crippen LogP contribution in [-0.4, -0.2) is 10.9 Å². The van der Waals surface area contributed by atoms with Crippen molar-refractivity contribution in [2.45, 2.75) is 0 Å². The van der Waals surface area contributed by atoms with Crippen LogP contribution in [0.5, 0.6) is 11.5 Å². The molecule has 0 saturated carbocycles. The van der Waals surface area contributed by atoms with E-state index >= 15 is 0 Å². The SMILES string of the molecule is O=C(Cl)Oc1cccc2c(OC(=O)Cl)cccc12. The maximum atomic E-state index is 10.8. The van der Waals surface area contributed by atoms with Gasteiger partial charge in [-0.3, -0.25) is 0 Å². The molecular formula is C12H6Cl2O4. The lowest BCUT2D eigenvalue weighted by Crippen LogP contribution is -1.99. The summed E-state index contributed by atoms with van der Waals surface area (Å²) < 4.78 is 9.68. The molecule has 0 N–H and O–H groups in total. The van der Waals surface area contributed by atoms with E-state index in [1.54, 1.807) is 36.4 Å². The van der Waals surface area contributed by atoms with Crippen molar-refractivity contribution >= 4 is 44.8 Å². The van der Waals surface area contributed by atoms with Gasteiger partial charge in [0.05, 0.1) is 0 Å². The number of carbonyl (C=O) groups is 2. The van der Waals surface area contributed by atoms with Crippen molar-refractivity contribution in [3.8, 4) is 11.5 Å². The van der Waals surface area contributed by atoms with Crippen molar-refractivity contribution < 1.29 is 19.1 Å². The van der Waals surface area contributed by atoms with Gasteiger partial charge in [-0.05, 0) is 12.1 Å². The van der Waals surface area contributed by atoms with E-state index in [1.165, 1.54) is 0 Å². The minimum atomic E-state index is -0.942. The van der Waals surface area contributed by atoms with E-state index in [2.05, 4.69) is 0 Å². The molecule has 0 saturated heterocycles. The molecule has 2 aromatic carbocycles. The van der Waals surface area contributed by atoms with Gasteiger partial charge < -0.3 is 9.47 Å². The van der Waals surface area contributed by atoms with Gasteiger partial charge in [-0.25, -0.2) is 9.59 Å². The van der Waals surface area contributed by atoms with Gasteiger partial charge in [0.2, 0.25) is 0 Å². The van der Waals surface area contributed by atoms with Crippen LogP contribution in [-0.2, 0) is 0 Å². The third-order valence-corrected chi connectivity index (χ3v) is 2.38. The number of ether oxygens (including phenoxy) is 2. The fraction of sp³-hybridized carbons (Fsp3) is 0. The van der Waals surface area contributed by atoms with E-state index in [-0.39, 0.29) is 11.5 Å². The van der Waals surface area contributed by atoms with Gasteiger partial charge in [-0.2, -0.15) is 0 Å². The fourth-order valence-electron chi connectivity index (χ4n) is 1.60. The molecule has 0 radical (unpaired) electrons. The van der Waals surface area contributed by atoms with Crippen LogP contribution in [0.4, 0.5) is 9.59 Å². The summed E-state index contributed by atoms with van der Waals surface area (Å²) in [6.45, 7) is 0. The molecule has 0 aliphatic rings. The Balaban J connectivity index is 2.57. The number of hydrogen-bond donors (Lipinski definition) is 0. The summed E-state index contributed by atoms with van der Waals surface area (Å²) in [6.07, 6.45) is 0. The van der Waals surface area contributed by atoms with Crippen LogP contribution >= 0.6 is 23.2 Å².